The summed E-state index contributed by atoms with van der Waals surface area (Å²) in [6.07, 6.45) is 0. The highest BCUT2D eigenvalue weighted by atomic mass is 32.2. The zero-order valence-electron chi connectivity index (χ0n) is 18.7. The van der Waals surface area contributed by atoms with Gasteiger partial charge in [-0.25, -0.2) is 13.2 Å². The molecule has 3 aromatic carbocycles. The van der Waals surface area contributed by atoms with Crippen molar-refractivity contribution in [2.75, 3.05) is 22.8 Å². The van der Waals surface area contributed by atoms with E-state index in [1.165, 1.54) is 12.1 Å². The lowest BCUT2D eigenvalue weighted by Gasteiger charge is -2.24. The monoisotopic (exact) mass is 466 g/mol. The third-order valence-electron chi connectivity index (χ3n) is 5.04. The highest BCUT2D eigenvalue weighted by Gasteiger charge is 2.27. The minimum absolute atomic E-state index is 0.0882. The summed E-state index contributed by atoms with van der Waals surface area (Å²) >= 11 is 0. The molecule has 0 radical (unpaired) electrons. The summed E-state index contributed by atoms with van der Waals surface area (Å²) < 4.78 is 32.9. The summed E-state index contributed by atoms with van der Waals surface area (Å²) in [5.74, 6) is -1.03. The Balaban J connectivity index is 1.90. The zero-order chi connectivity index (χ0) is 24.0. The van der Waals surface area contributed by atoms with Gasteiger partial charge in [-0.1, -0.05) is 42.0 Å². The second-order valence-electron chi connectivity index (χ2n) is 7.41. The number of esters is 1. The van der Waals surface area contributed by atoms with Crippen molar-refractivity contribution < 1.29 is 22.7 Å². The highest BCUT2D eigenvalue weighted by molar-refractivity contribution is 7.92. The molecule has 0 heterocycles. The van der Waals surface area contributed by atoms with Crippen molar-refractivity contribution in [3.8, 4) is 0 Å². The number of benzene rings is 3. The van der Waals surface area contributed by atoms with Gasteiger partial charge in [0.2, 0.25) is 5.91 Å². The zero-order valence-corrected chi connectivity index (χ0v) is 19.6. The summed E-state index contributed by atoms with van der Waals surface area (Å²) in [7, 11) is -4.00. The van der Waals surface area contributed by atoms with Crippen LogP contribution in [-0.2, 0) is 19.6 Å². The fraction of sp³-hybridized carbons (Fsp3) is 0.200. The molecule has 0 spiro atoms. The summed E-state index contributed by atoms with van der Waals surface area (Å²) in [6.45, 7) is 5.07. The molecule has 1 amide bonds. The van der Waals surface area contributed by atoms with E-state index in [4.69, 9.17) is 4.74 Å². The van der Waals surface area contributed by atoms with E-state index in [9.17, 15) is 18.0 Å². The number of rotatable bonds is 8. The second kappa shape index (κ2) is 10.3. The Bertz CT molecular complexity index is 1240. The molecule has 0 aromatic heterocycles. The van der Waals surface area contributed by atoms with Crippen LogP contribution >= 0.6 is 0 Å². The first kappa shape index (κ1) is 24.0. The number of anilines is 2. The van der Waals surface area contributed by atoms with Crippen molar-refractivity contribution in [3.63, 3.8) is 0 Å². The van der Waals surface area contributed by atoms with Crippen LogP contribution in [0.1, 0.15) is 28.4 Å². The third kappa shape index (κ3) is 5.59. The van der Waals surface area contributed by atoms with E-state index < -0.39 is 28.4 Å². The Morgan fingerprint density at radius 1 is 0.909 bits per heavy atom. The van der Waals surface area contributed by atoms with Crippen LogP contribution in [0.5, 0.6) is 0 Å². The Morgan fingerprint density at radius 3 is 2.21 bits per heavy atom. The molecular weight excluding hydrogens is 440 g/mol. The van der Waals surface area contributed by atoms with Crippen molar-refractivity contribution in [3.05, 3.63) is 89.5 Å². The fourth-order valence-electron chi connectivity index (χ4n) is 3.27. The lowest BCUT2D eigenvalue weighted by Crippen LogP contribution is -2.38. The van der Waals surface area contributed by atoms with Gasteiger partial charge >= 0.3 is 5.97 Å². The number of hydrogen-bond donors (Lipinski definition) is 1. The van der Waals surface area contributed by atoms with Gasteiger partial charge in [-0.3, -0.25) is 9.10 Å². The van der Waals surface area contributed by atoms with Gasteiger partial charge in [0.1, 0.15) is 6.54 Å². The second-order valence-corrected chi connectivity index (χ2v) is 9.27. The topological polar surface area (TPSA) is 92.8 Å². The Kier molecular flexibility index (Phi) is 7.50. The van der Waals surface area contributed by atoms with E-state index >= 15 is 0 Å². The minimum Gasteiger partial charge on any atom is -0.462 e. The van der Waals surface area contributed by atoms with E-state index in [2.05, 4.69) is 5.32 Å². The van der Waals surface area contributed by atoms with Crippen LogP contribution < -0.4 is 9.62 Å². The molecule has 0 saturated carbocycles. The van der Waals surface area contributed by atoms with Gasteiger partial charge in [0.15, 0.2) is 0 Å². The van der Waals surface area contributed by atoms with E-state index in [0.717, 1.165) is 9.87 Å². The first-order chi connectivity index (χ1) is 15.7. The Hall–Kier alpha value is -3.65. The number of para-hydroxylation sites is 1. The van der Waals surface area contributed by atoms with Crippen molar-refractivity contribution in [2.45, 2.75) is 25.7 Å². The van der Waals surface area contributed by atoms with Gasteiger partial charge in [0.05, 0.1) is 22.8 Å². The van der Waals surface area contributed by atoms with Crippen molar-refractivity contribution in [1.29, 1.82) is 0 Å². The number of ether oxygens (including phenoxy) is 1. The number of hydrogen-bond acceptors (Lipinski definition) is 5. The molecule has 7 nitrogen and oxygen atoms in total. The minimum atomic E-state index is -4.00. The SMILES string of the molecule is CCOC(=O)c1cccc(NC(=O)CN(c2ccccc2)S(=O)(=O)c2ccc(C)cc2)c1C. The normalized spacial score (nSPS) is 11.0. The van der Waals surface area contributed by atoms with Crippen LogP contribution in [0, 0.1) is 13.8 Å². The number of nitrogens with zero attached hydrogens (tertiary/aromatic N) is 1. The highest BCUT2D eigenvalue weighted by Crippen LogP contribution is 2.25. The molecular formula is C25H26N2O5S. The summed E-state index contributed by atoms with van der Waals surface area (Å²) in [5.41, 5.74) is 2.57. The molecule has 0 bridgehead atoms. The number of amides is 1. The van der Waals surface area contributed by atoms with Gasteiger partial charge in [-0.05, 0) is 62.7 Å². The predicted octanol–water partition coefficient (Wildman–Crippen LogP) is 4.31. The molecule has 0 aliphatic carbocycles. The molecule has 0 aliphatic heterocycles. The number of carbonyl (C=O) groups excluding carboxylic acids is 2. The standard InChI is InChI=1S/C25H26N2O5S/c1-4-32-25(29)22-11-8-12-23(19(22)3)26-24(28)17-27(20-9-6-5-7-10-20)33(30,31)21-15-13-18(2)14-16-21/h5-16H,4,17H2,1-3H3,(H,26,28). The number of aryl methyl sites for hydroxylation is 1. The van der Waals surface area contributed by atoms with E-state index in [1.54, 1.807) is 74.5 Å². The quantitative estimate of drug-likeness (QED) is 0.499. The predicted molar refractivity (Wildman–Crippen MR) is 128 cm³/mol. The van der Waals surface area contributed by atoms with Gasteiger partial charge in [0, 0.05) is 5.69 Å². The van der Waals surface area contributed by atoms with Gasteiger partial charge in [0.25, 0.3) is 10.0 Å². The number of sulfonamides is 1. The van der Waals surface area contributed by atoms with Crippen LogP contribution in [0.25, 0.3) is 0 Å². The van der Waals surface area contributed by atoms with Crippen LogP contribution in [0.15, 0.2) is 77.7 Å². The van der Waals surface area contributed by atoms with Crippen LogP contribution in [0.4, 0.5) is 11.4 Å². The Labute approximate surface area is 194 Å². The largest absolute Gasteiger partial charge is 0.462 e. The first-order valence-corrected chi connectivity index (χ1v) is 11.9. The molecule has 172 valence electrons. The maximum absolute atomic E-state index is 13.4. The van der Waals surface area contributed by atoms with E-state index in [-0.39, 0.29) is 11.5 Å². The van der Waals surface area contributed by atoms with E-state index in [0.29, 0.717) is 22.5 Å². The molecule has 1 N–H and O–H groups in total. The van der Waals surface area contributed by atoms with Crippen LogP contribution in [0.3, 0.4) is 0 Å². The summed E-state index contributed by atoms with van der Waals surface area (Å²) in [6, 6.07) is 19.8. The molecule has 0 fully saturated rings. The fourth-order valence-corrected chi connectivity index (χ4v) is 4.69. The number of carbonyl (C=O) groups is 2. The molecule has 3 aromatic rings. The van der Waals surface area contributed by atoms with Gasteiger partial charge in [-0.15, -0.1) is 0 Å². The molecule has 3 rings (SSSR count). The van der Waals surface area contributed by atoms with Crippen LogP contribution in [-0.4, -0.2) is 33.4 Å². The van der Waals surface area contributed by atoms with Gasteiger partial charge < -0.3 is 10.1 Å². The smallest absolute Gasteiger partial charge is 0.338 e. The molecule has 8 heteroatoms. The van der Waals surface area contributed by atoms with Crippen LogP contribution in [0.2, 0.25) is 0 Å². The molecule has 0 saturated heterocycles. The average molecular weight is 467 g/mol. The molecule has 0 aliphatic rings. The van der Waals surface area contributed by atoms with Crippen molar-refractivity contribution >= 4 is 33.3 Å². The van der Waals surface area contributed by atoms with Gasteiger partial charge in [-0.2, -0.15) is 0 Å². The molecule has 33 heavy (non-hydrogen) atoms. The number of nitrogens with one attached hydrogen (secondary N) is 1. The maximum Gasteiger partial charge on any atom is 0.338 e. The lowest BCUT2D eigenvalue weighted by molar-refractivity contribution is -0.114. The van der Waals surface area contributed by atoms with Crippen molar-refractivity contribution in [1.82, 2.24) is 0 Å². The third-order valence-corrected chi connectivity index (χ3v) is 6.83. The Morgan fingerprint density at radius 2 is 1.58 bits per heavy atom. The van der Waals surface area contributed by atoms with Crippen molar-refractivity contribution in [2.24, 2.45) is 0 Å². The average Bonchev–Trinajstić information content (AvgIpc) is 2.80. The first-order valence-electron chi connectivity index (χ1n) is 10.4. The maximum atomic E-state index is 13.4. The van der Waals surface area contributed by atoms with E-state index in [1.807, 2.05) is 6.92 Å². The molecule has 0 unspecified atom stereocenters. The molecule has 0 atom stereocenters. The summed E-state index contributed by atoms with van der Waals surface area (Å²) in [5, 5.41) is 2.73. The summed E-state index contributed by atoms with van der Waals surface area (Å²) in [4.78, 5) is 25.2. The lowest BCUT2D eigenvalue weighted by atomic mass is 10.1.